The zero-order chi connectivity index (χ0) is 14.4. The Hall–Kier alpha value is -2.73. The molecule has 0 aromatic heterocycles. The standard InChI is InChI=1S/C17H15NO2/c1-19-16-9-7-13(8-10-16)15(12-18)11-14-5-3-4-6-17(14)20-2/h3-11H,1-2H3. The highest BCUT2D eigenvalue weighted by atomic mass is 16.5. The summed E-state index contributed by atoms with van der Waals surface area (Å²) in [5.41, 5.74) is 2.30. The third kappa shape index (κ3) is 2.99. The maximum atomic E-state index is 9.34. The van der Waals surface area contributed by atoms with Gasteiger partial charge in [-0.2, -0.15) is 5.26 Å². The van der Waals surface area contributed by atoms with Gasteiger partial charge in [-0.25, -0.2) is 0 Å². The van der Waals surface area contributed by atoms with Gasteiger partial charge in [0.05, 0.1) is 25.9 Å². The lowest BCUT2D eigenvalue weighted by Crippen LogP contribution is -1.88. The summed E-state index contributed by atoms with van der Waals surface area (Å²) in [4.78, 5) is 0. The van der Waals surface area contributed by atoms with Crippen LogP contribution in [0.1, 0.15) is 11.1 Å². The minimum atomic E-state index is 0.581. The predicted octanol–water partition coefficient (Wildman–Crippen LogP) is 3.77. The molecule has 0 N–H and O–H groups in total. The first-order valence-corrected chi connectivity index (χ1v) is 6.17. The third-order valence-electron chi connectivity index (χ3n) is 2.96. The van der Waals surface area contributed by atoms with Crippen LogP contribution >= 0.6 is 0 Å². The smallest absolute Gasteiger partial charge is 0.126 e. The van der Waals surface area contributed by atoms with Crippen LogP contribution in [0.25, 0.3) is 11.6 Å². The molecule has 0 unspecified atom stereocenters. The zero-order valence-electron chi connectivity index (χ0n) is 11.5. The second kappa shape index (κ2) is 6.44. The van der Waals surface area contributed by atoms with Crippen LogP contribution in [0.2, 0.25) is 0 Å². The fraction of sp³-hybridized carbons (Fsp3) is 0.118. The summed E-state index contributed by atoms with van der Waals surface area (Å²) in [5.74, 6) is 1.51. The summed E-state index contributed by atoms with van der Waals surface area (Å²) >= 11 is 0. The van der Waals surface area contributed by atoms with E-state index in [1.165, 1.54) is 0 Å². The van der Waals surface area contributed by atoms with Crippen molar-refractivity contribution in [1.29, 1.82) is 5.26 Å². The van der Waals surface area contributed by atoms with Crippen molar-refractivity contribution >= 4 is 11.6 Å². The molecule has 0 aliphatic heterocycles. The fourth-order valence-electron chi connectivity index (χ4n) is 1.89. The van der Waals surface area contributed by atoms with E-state index in [1.807, 2.05) is 54.6 Å². The largest absolute Gasteiger partial charge is 0.497 e. The lowest BCUT2D eigenvalue weighted by atomic mass is 10.0. The van der Waals surface area contributed by atoms with Gasteiger partial charge in [-0.3, -0.25) is 0 Å². The number of hydrogen-bond donors (Lipinski definition) is 0. The first kappa shape index (κ1) is 13.7. The molecule has 0 aliphatic rings. The molecule has 0 heterocycles. The maximum Gasteiger partial charge on any atom is 0.126 e. The Morgan fingerprint density at radius 3 is 2.30 bits per heavy atom. The van der Waals surface area contributed by atoms with E-state index < -0.39 is 0 Å². The molecule has 3 nitrogen and oxygen atoms in total. The number of hydrogen-bond acceptors (Lipinski definition) is 3. The number of rotatable bonds is 4. The summed E-state index contributed by atoms with van der Waals surface area (Å²) in [7, 11) is 3.23. The van der Waals surface area contributed by atoms with Gasteiger partial charge < -0.3 is 9.47 Å². The Labute approximate surface area is 118 Å². The van der Waals surface area contributed by atoms with Crippen LogP contribution in [0.15, 0.2) is 48.5 Å². The molecule has 20 heavy (non-hydrogen) atoms. The molecule has 0 aliphatic carbocycles. The Balaban J connectivity index is 2.41. The molecule has 2 aromatic carbocycles. The van der Waals surface area contributed by atoms with E-state index in [0.29, 0.717) is 5.57 Å². The Morgan fingerprint density at radius 2 is 1.70 bits per heavy atom. The Bertz CT molecular complexity index is 651. The molecule has 0 saturated heterocycles. The van der Waals surface area contributed by atoms with E-state index in [4.69, 9.17) is 9.47 Å². The number of ether oxygens (including phenoxy) is 2. The summed E-state index contributed by atoms with van der Waals surface area (Å²) in [6.45, 7) is 0. The molecule has 0 radical (unpaired) electrons. The third-order valence-corrected chi connectivity index (χ3v) is 2.96. The summed E-state index contributed by atoms with van der Waals surface area (Å²) < 4.78 is 10.4. The summed E-state index contributed by atoms with van der Waals surface area (Å²) in [6.07, 6.45) is 1.82. The average Bonchev–Trinajstić information content (AvgIpc) is 2.53. The molecule has 3 heteroatoms. The fourth-order valence-corrected chi connectivity index (χ4v) is 1.89. The van der Waals surface area contributed by atoms with Crippen LogP contribution < -0.4 is 9.47 Å². The first-order valence-electron chi connectivity index (χ1n) is 6.17. The molecule has 2 rings (SSSR count). The van der Waals surface area contributed by atoms with Crippen LogP contribution in [0.4, 0.5) is 0 Å². The van der Waals surface area contributed by atoms with E-state index in [9.17, 15) is 5.26 Å². The highest BCUT2D eigenvalue weighted by Crippen LogP contribution is 2.25. The quantitative estimate of drug-likeness (QED) is 0.624. The van der Waals surface area contributed by atoms with E-state index in [2.05, 4.69) is 6.07 Å². The lowest BCUT2D eigenvalue weighted by molar-refractivity contribution is 0.414. The van der Waals surface area contributed by atoms with Crippen LogP contribution in [0.5, 0.6) is 11.5 Å². The monoisotopic (exact) mass is 265 g/mol. The van der Waals surface area contributed by atoms with Gasteiger partial charge in [0.1, 0.15) is 11.5 Å². The average molecular weight is 265 g/mol. The van der Waals surface area contributed by atoms with Gasteiger partial charge >= 0.3 is 0 Å². The van der Waals surface area contributed by atoms with Crippen molar-refractivity contribution in [2.24, 2.45) is 0 Å². The second-order valence-electron chi connectivity index (χ2n) is 4.14. The molecule has 2 aromatic rings. The summed E-state index contributed by atoms with van der Waals surface area (Å²) in [6, 6.07) is 17.2. The molecule has 0 amide bonds. The minimum absolute atomic E-state index is 0.581. The highest BCUT2D eigenvalue weighted by Gasteiger charge is 2.04. The normalized spacial score (nSPS) is 10.8. The van der Waals surface area contributed by atoms with Gasteiger partial charge in [0.15, 0.2) is 0 Å². The van der Waals surface area contributed by atoms with Crippen molar-refractivity contribution < 1.29 is 9.47 Å². The minimum Gasteiger partial charge on any atom is -0.497 e. The van der Waals surface area contributed by atoms with Crippen molar-refractivity contribution in [2.45, 2.75) is 0 Å². The van der Waals surface area contributed by atoms with E-state index in [1.54, 1.807) is 14.2 Å². The number of nitriles is 1. The van der Waals surface area contributed by atoms with Gasteiger partial charge in [-0.15, -0.1) is 0 Å². The second-order valence-corrected chi connectivity index (χ2v) is 4.14. The molecular weight excluding hydrogens is 250 g/mol. The van der Waals surface area contributed by atoms with Gasteiger partial charge in [0.25, 0.3) is 0 Å². The van der Waals surface area contributed by atoms with Crippen LogP contribution in [-0.4, -0.2) is 14.2 Å². The van der Waals surface area contributed by atoms with Gasteiger partial charge in [0, 0.05) is 5.56 Å². The molecule has 0 spiro atoms. The van der Waals surface area contributed by atoms with Crippen LogP contribution in [0.3, 0.4) is 0 Å². The van der Waals surface area contributed by atoms with Gasteiger partial charge in [-0.1, -0.05) is 18.2 Å². The SMILES string of the molecule is COc1ccc(C(C#N)=Cc2ccccc2OC)cc1. The number of benzene rings is 2. The van der Waals surface area contributed by atoms with Crippen molar-refractivity contribution in [2.75, 3.05) is 14.2 Å². The van der Waals surface area contributed by atoms with E-state index >= 15 is 0 Å². The number of methoxy groups -OCH3 is 2. The lowest BCUT2D eigenvalue weighted by Gasteiger charge is -2.06. The topological polar surface area (TPSA) is 42.2 Å². The first-order chi connectivity index (χ1) is 9.78. The van der Waals surface area contributed by atoms with Gasteiger partial charge in [0.2, 0.25) is 0 Å². The maximum absolute atomic E-state index is 9.34. The van der Waals surface area contributed by atoms with Crippen molar-refractivity contribution in [1.82, 2.24) is 0 Å². The molecule has 0 atom stereocenters. The highest BCUT2D eigenvalue weighted by molar-refractivity contribution is 5.90. The summed E-state index contributed by atoms with van der Waals surface area (Å²) in [5, 5.41) is 9.34. The van der Waals surface area contributed by atoms with Crippen molar-refractivity contribution in [3.05, 3.63) is 59.7 Å². The van der Waals surface area contributed by atoms with E-state index in [-0.39, 0.29) is 0 Å². The molecule has 100 valence electrons. The molecule has 0 bridgehead atoms. The predicted molar refractivity (Wildman–Crippen MR) is 79.5 cm³/mol. The van der Waals surface area contributed by atoms with E-state index in [0.717, 1.165) is 22.6 Å². The van der Waals surface area contributed by atoms with Crippen LogP contribution in [0, 0.1) is 11.3 Å². The Kier molecular flexibility index (Phi) is 4.41. The number of allylic oxidation sites excluding steroid dienone is 1. The van der Waals surface area contributed by atoms with Crippen molar-refractivity contribution in [3.63, 3.8) is 0 Å². The molecular formula is C17H15NO2. The zero-order valence-corrected chi connectivity index (χ0v) is 11.5. The molecule has 0 fully saturated rings. The number of para-hydroxylation sites is 1. The molecule has 0 saturated carbocycles. The van der Waals surface area contributed by atoms with Crippen molar-refractivity contribution in [3.8, 4) is 17.6 Å². The Morgan fingerprint density at radius 1 is 1.00 bits per heavy atom. The van der Waals surface area contributed by atoms with Crippen LogP contribution in [-0.2, 0) is 0 Å². The van der Waals surface area contributed by atoms with Gasteiger partial charge in [-0.05, 0) is 42.0 Å². The number of nitrogens with zero attached hydrogens (tertiary/aromatic N) is 1.